The van der Waals surface area contributed by atoms with Crippen molar-refractivity contribution in [2.24, 2.45) is 5.92 Å². The van der Waals surface area contributed by atoms with Gasteiger partial charge >= 0.3 is 5.97 Å². The Morgan fingerprint density at radius 1 is 1.26 bits per heavy atom. The summed E-state index contributed by atoms with van der Waals surface area (Å²) in [6, 6.07) is 8.62. The molecule has 0 aromatic heterocycles. The minimum absolute atomic E-state index is 0.0279. The fourth-order valence-corrected chi connectivity index (χ4v) is 3.12. The predicted octanol–water partition coefficient (Wildman–Crippen LogP) is 2.43. The van der Waals surface area contributed by atoms with E-state index in [1.807, 2.05) is 6.92 Å². The van der Waals surface area contributed by atoms with E-state index in [0.717, 1.165) is 19.0 Å². The fourth-order valence-electron chi connectivity index (χ4n) is 3.12. The molecule has 102 valence electrons. The Kier molecular flexibility index (Phi) is 3.56. The molecule has 1 aliphatic heterocycles. The lowest BCUT2D eigenvalue weighted by atomic mass is 9.85. The summed E-state index contributed by atoms with van der Waals surface area (Å²) in [5.41, 5.74) is 2.80. The summed E-state index contributed by atoms with van der Waals surface area (Å²) >= 11 is 0. The maximum atomic E-state index is 12.1. The van der Waals surface area contributed by atoms with Crippen molar-refractivity contribution in [3.8, 4) is 0 Å². The highest BCUT2D eigenvalue weighted by Gasteiger charge is 2.38. The molecule has 1 aromatic rings. The second-order valence-electron chi connectivity index (χ2n) is 5.53. The van der Waals surface area contributed by atoms with Crippen molar-refractivity contribution >= 4 is 5.97 Å². The van der Waals surface area contributed by atoms with E-state index in [1.165, 1.54) is 24.0 Å². The van der Waals surface area contributed by atoms with Crippen molar-refractivity contribution in [1.82, 2.24) is 5.32 Å². The third-order valence-corrected chi connectivity index (χ3v) is 4.22. The first-order valence-electron chi connectivity index (χ1n) is 7.27. The van der Waals surface area contributed by atoms with E-state index < -0.39 is 0 Å². The number of nitrogens with one attached hydrogen (secondary N) is 1. The highest BCUT2D eigenvalue weighted by molar-refractivity contribution is 5.74. The monoisotopic (exact) mass is 259 g/mol. The van der Waals surface area contributed by atoms with Gasteiger partial charge in [-0.3, -0.25) is 4.79 Å². The molecule has 0 bridgehead atoms. The Morgan fingerprint density at radius 3 is 2.68 bits per heavy atom. The van der Waals surface area contributed by atoms with Gasteiger partial charge in [-0.15, -0.1) is 0 Å². The van der Waals surface area contributed by atoms with Crippen LogP contribution in [0, 0.1) is 5.92 Å². The van der Waals surface area contributed by atoms with Crippen molar-refractivity contribution in [3.05, 3.63) is 35.4 Å². The average Bonchev–Trinajstić information content (AvgIpc) is 3.16. The van der Waals surface area contributed by atoms with E-state index in [9.17, 15) is 4.79 Å². The normalized spacial score (nSPS) is 26.4. The van der Waals surface area contributed by atoms with Crippen LogP contribution in [0.3, 0.4) is 0 Å². The van der Waals surface area contributed by atoms with Crippen LogP contribution in [-0.2, 0) is 9.53 Å². The number of ether oxygens (including phenoxy) is 1. The molecule has 2 fully saturated rings. The molecule has 3 nitrogen and oxygen atoms in total. The molecule has 0 amide bonds. The summed E-state index contributed by atoms with van der Waals surface area (Å²) in [4.78, 5) is 12.1. The third kappa shape index (κ3) is 2.52. The van der Waals surface area contributed by atoms with Crippen molar-refractivity contribution in [3.63, 3.8) is 0 Å². The summed E-state index contributed by atoms with van der Waals surface area (Å²) in [5.74, 6) is 0.915. The molecule has 1 aromatic carbocycles. The van der Waals surface area contributed by atoms with Gasteiger partial charge in [-0.05, 0) is 36.8 Å². The summed E-state index contributed by atoms with van der Waals surface area (Å²) < 4.78 is 5.21. The molecular weight excluding hydrogens is 238 g/mol. The van der Waals surface area contributed by atoms with Crippen LogP contribution >= 0.6 is 0 Å². The van der Waals surface area contributed by atoms with Crippen molar-refractivity contribution in [1.29, 1.82) is 0 Å². The van der Waals surface area contributed by atoms with E-state index in [0.29, 0.717) is 6.61 Å². The Hall–Kier alpha value is -1.35. The molecule has 2 aliphatic rings. The zero-order chi connectivity index (χ0) is 13.2. The molecule has 0 spiro atoms. The molecule has 3 rings (SSSR count). The topological polar surface area (TPSA) is 38.3 Å². The maximum absolute atomic E-state index is 12.1. The minimum atomic E-state index is -0.0527. The molecule has 2 unspecified atom stereocenters. The van der Waals surface area contributed by atoms with Gasteiger partial charge in [-0.1, -0.05) is 24.3 Å². The third-order valence-electron chi connectivity index (χ3n) is 4.22. The standard InChI is InChI=1S/C16H21NO2/c1-2-19-16(18)15-10-17-9-14(15)13-6-4-3-5-12(13)11-7-8-11/h3-6,11,14-15,17H,2,7-10H2,1H3. The lowest BCUT2D eigenvalue weighted by Gasteiger charge is -2.20. The minimum Gasteiger partial charge on any atom is -0.466 e. The lowest BCUT2D eigenvalue weighted by molar-refractivity contribution is -0.147. The largest absolute Gasteiger partial charge is 0.466 e. The van der Waals surface area contributed by atoms with Crippen molar-refractivity contribution in [2.75, 3.05) is 19.7 Å². The number of rotatable bonds is 4. The number of hydrogen-bond donors (Lipinski definition) is 1. The number of esters is 1. The summed E-state index contributed by atoms with van der Waals surface area (Å²) in [6.45, 7) is 3.95. The Morgan fingerprint density at radius 2 is 2.00 bits per heavy atom. The van der Waals surface area contributed by atoms with Crippen LogP contribution in [0.25, 0.3) is 0 Å². The number of benzene rings is 1. The number of carbonyl (C=O) groups excluding carboxylic acids is 1. The van der Waals surface area contributed by atoms with Crippen LogP contribution in [0.5, 0.6) is 0 Å². The Bertz CT molecular complexity index is 468. The zero-order valence-corrected chi connectivity index (χ0v) is 11.4. The molecular formula is C16H21NO2. The number of hydrogen-bond acceptors (Lipinski definition) is 3. The molecule has 3 heteroatoms. The van der Waals surface area contributed by atoms with Gasteiger partial charge in [0.05, 0.1) is 12.5 Å². The molecule has 1 aliphatic carbocycles. The van der Waals surface area contributed by atoms with Gasteiger partial charge in [0.15, 0.2) is 0 Å². The number of carbonyl (C=O) groups is 1. The van der Waals surface area contributed by atoms with Crippen LogP contribution in [-0.4, -0.2) is 25.7 Å². The smallest absolute Gasteiger partial charge is 0.310 e. The highest BCUT2D eigenvalue weighted by Crippen LogP contribution is 2.44. The first-order chi connectivity index (χ1) is 9.31. The first-order valence-corrected chi connectivity index (χ1v) is 7.27. The molecule has 1 heterocycles. The highest BCUT2D eigenvalue weighted by atomic mass is 16.5. The summed E-state index contributed by atoms with van der Waals surface area (Å²) in [7, 11) is 0. The molecule has 19 heavy (non-hydrogen) atoms. The van der Waals surface area contributed by atoms with Crippen LogP contribution in [0.4, 0.5) is 0 Å². The molecule has 1 saturated heterocycles. The average molecular weight is 259 g/mol. The van der Waals surface area contributed by atoms with Gasteiger partial charge in [-0.25, -0.2) is 0 Å². The molecule has 1 saturated carbocycles. The van der Waals surface area contributed by atoms with Crippen LogP contribution in [0.2, 0.25) is 0 Å². The first kappa shape index (κ1) is 12.7. The van der Waals surface area contributed by atoms with Gasteiger partial charge in [0, 0.05) is 19.0 Å². The SMILES string of the molecule is CCOC(=O)C1CNCC1c1ccccc1C1CC1. The molecule has 2 atom stereocenters. The Balaban J connectivity index is 1.86. The van der Waals surface area contributed by atoms with Crippen LogP contribution in [0.15, 0.2) is 24.3 Å². The second kappa shape index (κ2) is 5.33. The van der Waals surface area contributed by atoms with Crippen molar-refractivity contribution < 1.29 is 9.53 Å². The lowest BCUT2D eigenvalue weighted by Crippen LogP contribution is -2.24. The van der Waals surface area contributed by atoms with Gasteiger partial charge < -0.3 is 10.1 Å². The van der Waals surface area contributed by atoms with E-state index in [1.54, 1.807) is 0 Å². The second-order valence-corrected chi connectivity index (χ2v) is 5.53. The van der Waals surface area contributed by atoms with Gasteiger partial charge in [-0.2, -0.15) is 0 Å². The van der Waals surface area contributed by atoms with E-state index in [-0.39, 0.29) is 17.8 Å². The fraction of sp³-hybridized carbons (Fsp3) is 0.562. The van der Waals surface area contributed by atoms with Gasteiger partial charge in [0.25, 0.3) is 0 Å². The predicted molar refractivity (Wildman–Crippen MR) is 74.2 cm³/mol. The van der Waals surface area contributed by atoms with Crippen LogP contribution in [0.1, 0.15) is 42.7 Å². The zero-order valence-electron chi connectivity index (χ0n) is 11.4. The van der Waals surface area contributed by atoms with E-state index in [4.69, 9.17) is 4.74 Å². The molecule has 1 N–H and O–H groups in total. The van der Waals surface area contributed by atoms with E-state index in [2.05, 4.69) is 29.6 Å². The molecule has 0 radical (unpaired) electrons. The summed E-state index contributed by atoms with van der Waals surface area (Å²) in [6.07, 6.45) is 2.59. The summed E-state index contributed by atoms with van der Waals surface area (Å²) in [5, 5.41) is 3.35. The van der Waals surface area contributed by atoms with Crippen molar-refractivity contribution in [2.45, 2.75) is 31.6 Å². The maximum Gasteiger partial charge on any atom is 0.310 e. The van der Waals surface area contributed by atoms with Crippen LogP contribution < -0.4 is 5.32 Å². The Labute approximate surface area is 114 Å². The van der Waals surface area contributed by atoms with Gasteiger partial charge in [0.1, 0.15) is 0 Å². The quantitative estimate of drug-likeness (QED) is 0.844. The van der Waals surface area contributed by atoms with E-state index >= 15 is 0 Å². The van der Waals surface area contributed by atoms with Gasteiger partial charge in [0.2, 0.25) is 0 Å².